The molecule has 5 nitrogen and oxygen atoms in total. The van der Waals surface area contributed by atoms with Gasteiger partial charge in [0.25, 0.3) is 0 Å². The van der Waals surface area contributed by atoms with E-state index in [0.717, 1.165) is 49.9 Å². The molecule has 1 rings (SSSR count). The van der Waals surface area contributed by atoms with Crippen molar-refractivity contribution in [1.29, 1.82) is 0 Å². The minimum absolute atomic E-state index is 0.130. The number of rotatable bonds is 9. The highest BCUT2D eigenvalue weighted by atomic mass is 16.4. The highest BCUT2D eigenvalue weighted by Gasteiger charge is 2.00. The van der Waals surface area contributed by atoms with Crippen molar-refractivity contribution < 1.29 is 10.3 Å². The third-order valence-corrected chi connectivity index (χ3v) is 2.92. The Kier molecular flexibility index (Phi) is 7.62. The number of oxime groups is 1. The molecule has 0 radical (unpaired) electrons. The lowest BCUT2D eigenvalue weighted by molar-refractivity contribution is 0.282. The minimum Gasteiger partial charge on any atom is -0.409 e. The Hall–Kier alpha value is -1.59. The van der Waals surface area contributed by atoms with Crippen LogP contribution in [0.3, 0.4) is 0 Å². The molecule has 0 aliphatic heterocycles. The van der Waals surface area contributed by atoms with E-state index < -0.39 is 0 Å². The summed E-state index contributed by atoms with van der Waals surface area (Å²) in [4.78, 5) is 0. The molecule has 0 saturated heterocycles. The molecule has 0 aliphatic rings. The third-order valence-electron chi connectivity index (χ3n) is 2.92. The second-order valence-corrected chi connectivity index (χ2v) is 4.50. The molecule has 0 amide bonds. The Morgan fingerprint density at radius 3 is 2.74 bits per heavy atom. The second kappa shape index (κ2) is 9.35. The molecular weight excluding hydrogens is 242 g/mol. The number of unbranched alkanes of at least 4 members (excludes halogenated alkanes) is 3. The molecule has 0 atom stereocenters. The van der Waals surface area contributed by atoms with Crippen molar-refractivity contribution in [2.24, 2.45) is 10.9 Å². The Bertz CT molecular complexity index is 394. The molecule has 0 fully saturated rings. The van der Waals surface area contributed by atoms with Crippen molar-refractivity contribution in [2.45, 2.75) is 32.2 Å². The van der Waals surface area contributed by atoms with Crippen molar-refractivity contribution in [1.82, 2.24) is 5.32 Å². The van der Waals surface area contributed by atoms with Gasteiger partial charge in [0.2, 0.25) is 0 Å². The van der Waals surface area contributed by atoms with Crippen molar-refractivity contribution in [3.63, 3.8) is 0 Å². The maximum absolute atomic E-state index is 8.66. The molecule has 1 aromatic carbocycles. The van der Waals surface area contributed by atoms with E-state index in [2.05, 4.69) is 10.5 Å². The minimum atomic E-state index is 0.130. The number of aliphatic hydroxyl groups is 1. The zero-order valence-electron chi connectivity index (χ0n) is 11.2. The molecule has 5 N–H and O–H groups in total. The first-order chi connectivity index (χ1) is 9.27. The molecule has 0 spiro atoms. The zero-order valence-corrected chi connectivity index (χ0v) is 11.2. The van der Waals surface area contributed by atoms with E-state index >= 15 is 0 Å². The summed E-state index contributed by atoms with van der Waals surface area (Å²) in [6.07, 6.45) is 4.22. The van der Waals surface area contributed by atoms with E-state index in [0.29, 0.717) is 0 Å². The largest absolute Gasteiger partial charge is 0.409 e. The summed E-state index contributed by atoms with van der Waals surface area (Å²) in [5.41, 5.74) is 7.38. The Morgan fingerprint density at radius 2 is 2.00 bits per heavy atom. The van der Waals surface area contributed by atoms with Crippen LogP contribution in [0.4, 0.5) is 0 Å². The average Bonchev–Trinajstić information content (AvgIpc) is 2.46. The van der Waals surface area contributed by atoms with Crippen molar-refractivity contribution in [3.8, 4) is 0 Å². The van der Waals surface area contributed by atoms with E-state index in [1.807, 2.05) is 24.3 Å². The zero-order chi connectivity index (χ0) is 13.9. The van der Waals surface area contributed by atoms with Gasteiger partial charge in [0.1, 0.15) is 0 Å². The third kappa shape index (κ3) is 6.22. The summed E-state index contributed by atoms with van der Waals surface area (Å²) < 4.78 is 0. The number of hydrogen-bond acceptors (Lipinski definition) is 4. The van der Waals surface area contributed by atoms with Gasteiger partial charge in [-0.3, -0.25) is 0 Å². The van der Waals surface area contributed by atoms with Gasteiger partial charge in [0.05, 0.1) is 0 Å². The maximum Gasteiger partial charge on any atom is 0.170 e. The molecule has 1 aromatic rings. The number of nitrogens with zero attached hydrogens (tertiary/aromatic N) is 1. The van der Waals surface area contributed by atoms with Crippen LogP contribution in [0.2, 0.25) is 0 Å². The normalized spacial score (nSPS) is 11.7. The van der Waals surface area contributed by atoms with Crippen LogP contribution in [0, 0.1) is 0 Å². The lowest BCUT2D eigenvalue weighted by Crippen LogP contribution is -2.16. The first-order valence-corrected chi connectivity index (χ1v) is 6.66. The molecule has 0 saturated carbocycles. The Morgan fingerprint density at radius 1 is 1.21 bits per heavy atom. The van der Waals surface area contributed by atoms with Crippen LogP contribution in [0.1, 0.15) is 36.8 Å². The number of amidine groups is 1. The smallest absolute Gasteiger partial charge is 0.170 e. The summed E-state index contributed by atoms with van der Waals surface area (Å²) in [5, 5.41) is 23.6. The summed E-state index contributed by atoms with van der Waals surface area (Å²) in [7, 11) is 0. The predicted molar refractivity (Wildman–Crippen MR) is 76.2 cm³/mol. The lowest BCUT2D eigenvalue weighted by atomic mass is 10.1. The lowest BCUT2D eigenvalue weighted by Gasteiger charge is -2.06. The van der Waals surface area contributed by atoms with Gasteiger partial charge in [-0.2, -0.15) is 0 Å². The molecule has 0 bridgehead atoms. The van der Waals surface area contributed by atoms with Crippen LogP contribution < -0.4 is 11.1 Å². The summed E-state index contributed by atoms with van der Waals surface area (Å²) in [6, 6.07) is 7.62. The molecule has 0 heterocycles. The van der Waals surface area contributed by atoms with Crippen LogP contribution >= 0.6 is 0 Å². The predicted octanol–water partition coefficient (Wildman–Crippen LogP) is 1.42. The van der Waals surface area contributed by atoms with Gasteiger partial charge in [-0.05, 0) is 31.0 Å². The highest BCUT2D eigenvalue weighted by molar-refractivity contribution is 5.97. The van der Waals surface area contributed by atoms with Gasteiger partial charge in [-0.15, -0.1) is 0 Å². The standard InChI is InChI=1S/C14H23N3O2/c15-14(17-19)13-7-5-6-12(10-13)11-16-8-3-1-2-4-9-18/h5-7,10,16,18-19H,1-4,8-9,11H2,(H2,15,17). The average molecular weight is 265 g/mol. The van der Waals surface area contributed by atoms with Gasteiger partial charge in [0, 0.05) is 18.7 Å². The van der Waals surface area contributed by atoms with Crippen LogP contribution in [0.5, 0.6) is 0 Å². The SMILES string of the molecule is N/C(=N/O)c1cccc(CNCCCCCCO)c1. The number of aliphatic hydroxyl groups excluding tert-OH is 1. The van der Waals surface area contributed by atoms with E-state index in [4.69, 9.17) is 16.0 Å². The summed E-state index contributed by atoms with van der Waals surface area (Å²) in [6.45, 7) is 2.01. The van der Waals surface area contributed by atoms with Crippen LogP contribution in [0.25, 0.3) is 0 Å². The topological polar surface area (TPSA) is 90.9 Å². The van der Waals surface area contributed by atoms with E-state index in [1.165, 1.54) is 0 Å². The van der Waals surface area contributed by atoms with Crippen LogP contribution in [-0.2, 0) is 6.54 Å². The monoisotopic (exact) mass is 265 g/mol. The first-order valence-electron chi connectivity index (χ1n) is 6.66. The van der Waals surface area contributed by atoms with Gasteiger partial charge in [-0.25, -0.2) is 0 Å². The maximum atomic E-state index is 8.66. The highest BCUT2D eigenvalue weighted by Crippen LogP contribution is 2.05. The molecule has 19 heavy (non-hydrogen) atoms. The summed E-state index contributed by atoms with van der Waals surface area (Å²) in [5.74, 6) is 0.130. The fourth-order valence-corrected chi connectivity index (χ4v) is 1.85. The van der Waals surface area contributed by atoms with E-state index in [-0.39, 0.29) is 12.4 Å². The Balaban J connectivity index is 2.26. The molecule has 0 aliphatic carbocycles. The van der Waals surface area contributed by atoms with Crippen molar-refractivity contribution in [3.05, 3.63) is 35.4 Å². The van der Waals surface area contributed by atoms with Crippen LogP contribution in [-0.4, -0.2) is 29.3 Å². The van der Waals surface area contributed by atoms with Gasteiger partial charge in [-0.1, -0.05) is 36.2 Å². The van der Waals surface area contributed by atoms with E-state index in [1.54, 1.807) is 0 Å². The van der Waals surface area contributed by atoms with Crippen LogP contribution in [0.15, 0.2) is 29.4 Å². The van der Waals surface area contributed by atoms with Gasteiger partial charge >= 0.3 is 0 Å². The van der Waals surface area contributed by atoms with Gasteiger partial charge in [0.15, 0.2) is 5.84 Å². The van der Waals surface area contributed by atoms with Gasteiger partial charge < -0.3 is 21.4 Å². The fourth-order valence-electron chi connectivity index (χ4n) is 1.85. The van der Waals surface area contributed by atoms with E-state index in [9.17, 15) is 0 Å². The van der Waals surface area contributed by atoms with Crippen molar-refractivity contribution >= 4 is 5.84 Å². The molecule has 106 valence electrons. The Labute approximate surface area is 114 Å². The number of nitrogens with two attached hydrogens (primary N) is 1. The first kappa shape index (κ1) is 15.5. The number of benzene rings is 1. The second-order valence-electron chi connectivity index (χ2n) is 4.50. The molecule has 0 unspecified atom stereocenters. The number of hydrogen-bond donors (Lipinski definition) is 4. The quantitative estimate of drug-likeness (QED) is 0.179. The molecule has 0 aromatic heterocycles. The molecule has 5 heteroatoms. The summed E-state index contributed by atoms with van der Waals surface area (Å²) >= 11 is 0. The fraction of sp³-hybridized carbons (Fsp3) is 0.500. The number of nitrogens with one attached hydrogen (secondary N) is 1. The molecular formula is C14H23N3O2. The van der Waals surface area contributed by atoms with Crippen molar-refractivity contribution in [2.75, 3.05) is 13.2 Å².